The third-order valence-corrected chi connectivity index (χ3v) is 8.29. The molecule has 0 spiro atoms. The first-order valence-electron chi connectivity index (χ1n) is 16.4. The minimum atomic E-state index is 0.0129. The zero-order chi connectivity index (χ0) is 33.6. The summed E-state index contributed by atoms with van der Waals surface area (Å²) in [5.41, 5.74) is 4.22. The second kappa shape index (κ2) is 14.7. The molecule has 6 rings (SSSR count). The number of nitrogens with zero attached hydrogens (tertiary/aromatic N) is 8. The van der Waals surface area contributed by atoms with Crippen LogP contribution in [-0.4, -0.2) is 94.0 Å². The normalized spacial score (nSPS) is 16.5. The highest BCUT2D eigenvalue weighted by atomic mass is 16.5. The van der Waals surface area contributed by atoms with Gasteiger partial charge in [0, 0.05) is 56.4 Å². The number of ether oxygens (including phenoxy) is 2. The summed E-state index contributed by atoms with van der Waals surface area (Å²) < 4.78 is 14.1. The number of nitrogens with one attached hydrogen (secondary N) is 1. The minimum Gasteiger partial charge on any atom is -0.487 e. The quantitative estimate of drug-likeness (QED) is 0.140. The number of amides is 1. The SMILES string of the molecule is CCC/C=C/N=C(Nc1ccc(Oc2ccn3ncnc3c2)c(C)c1)c1nc2c(cc1C)OCC1CN(C(=O)/C=C/CN(C)C)CCN21. The van der Waals surface area contributed by atoms with E-state index in [1.807, 2.05) is 92.6 Å². The molecular weight excluding hydrogens is 606 g/mol. The van der Waals surface area contributed by atoms with Crippen LogP contribution in [0.1, 0.15) is 36.6 Å². The number of benzene rings is 1. The van der Waals surface area contributed by atoms with Gasteiger partial charge in [0.25, 0.3) is 0 Å². The Balaban J connectivity index is 1.23. The number of aliphatic imine (C=N–C) groups is 1. The minimum absolute atomic E-state index is 0.0129. The molecular formula is C36H43N9O3. The van der Waals surface area contributed by atoms with Crippen molar-refractivity contribution in [2.24, 2.45) is 4.99 Å². The number of anilines is 2. The van der Waals surface area contributed by atoms with E-state index in [4.69, 9.17) is 19.5 Å². The van der Waals surface area contributed by atoms with Gasteiger partial charge in [-0.15, -0.1) is 0 Å². The molecule has 1 unspecified atom stereocenters. The molecule has 1 fully saturated rings. The molecule has 0 radical (unpaired) electrons. The molecule has 1 saturated heterocycles. The summed E-state index contributed by atoms with van der Waals surface area (Å²) in [6.45, 7) is 9.26. The molecule has 2 aliphatic heterocycles. The molecule has 12 nitrogen and oxygen atoms in total. The van der Waals surface area contributed by atoms with Gasteiger partial charge in [-0.25, -0.2) is 19.5 Å². The summed E-state index contributed by atoms with van der Waals surface area (Å²) in [7, 11) is 3.97. The van der Waals surface area contributed by atoms with Gasteiger partial charge in [-0.2, -0.15) is 5.10 Å². The van der Waals surface area contributed by atoms with Crippen molar-refractivity contribution in [1.82, 2.24) is 29.4 Å². The number of pyridine rings is 2. The van der Waals surface area contributed by atoms with E-state index in [1.54, 1.807) is 10.6 Å². The van der Waals surface area contributed by atoms with Crippen LogP contribution in [0.4, 0.5) is 11.5 Å². The number of carbonyl (C=O) groups excluding carboxylic acids is 1. The summed E-state index contributed by atoms with van der Waals surface area (Å²) >= 11 is 0. The Labute approximate surface area is 281 Å². The van der Waals surface area contributed by atoms with E-state index in [2.05, 4.69) is 33.3 Å². The first-order valence-corrected chi connectivity index (χ1v) is 16.4. The van der Waals surface area contributed by atoms with Gasteiger partial charge < -0.3 is 29.5 Å². The lowest BCUT2D eigenvalue weighted by Gasteiger charge is -2.44. The van der Waals surface area contributed by atoms with E-state index < -0.39 is 0 Å². The number of unbranched alkanes of at least 4 members (excludes halogenated alkanes) is 1. The number of hydrogen-bond donors (Lipinski definition) is 1. The molecule has 1 N–H and O–H groups in total. The summed E-state index contributed by atoms with van der Waals surface area (Å²) in [6, 6.07) is 11.7. The van der Waals surface area contributed by atoms with Gasteiger partial charge in [0.2, 0.25) is 5.91 Å². The number of likely N-dealkylation sites (N-methyl/N-ethyl adjacent to an activating group) is 1. The number of amidine groups is 1. The van der Waals surface area contributed by atoms with Crippen LogP contribution in [0.2, 0.25) is 0 Å². The van der Waals surface area contributed by atoms with Crippen LogP contribution in [0, 0.1) is 13.8 Å². The van der Waals surface area contributed by atoms with Crippen LogP contribution in [0.15, 0.2) is 78.3 Å². The van der Waals surface area contributed by atoms with Crippen molar-refractivity contribution in [3.63, 3.8) is 0 Å². The van der Waals surface area contributed by atoms with Crippen LogP contribution in [0.25, 0.3) is 5.65 Å². The van der Waals surface area contributed by atoms with E-state index in [9.17, 15) is 4.79 Å². The zero-order valence-electron chi connectivity index (χ0n) is 28.3. The van der Waals surface area contributed by atoms with E-state index in [0.29, 0.717) is 43.5 Å². The fourth-order valence-corrected chi connectivity index (χ4v) is 5.75. The molecule has 4 aromatic rings. The van der Waals surface area contributed by atoms with Gasteiger partial charge in [0.1, 0.15) is 30.1 Å². The summed E-state index contributed by atoms with van der Waals surface area (Å²) in [6.07, 6.45) is 12.8. The number of piperazine rings is 1. The second-order valence-corrected chi connectivity index (χ2v) is 12.4. The van der Waals surface area contributed by atoms with E-state index in [-0.39, 0.29) is 11.9 Å². The van der Waals surface area contributed by atoms with Crippen LogP contribution in [-0.2, 0) is 4.79 Å². The van der Waals surface area contributed by atoms with Crippen molar-refractivity contribution in [1.29, 1.82) is 0 Å². The topological polar surface area (TPSA) is 113 Å². The summed E-state index contributed by atoms with van der Waals surface area (Å²) in [5.74, 6) is 3.61. The number of aryl methyl sites for hydroxylation is 2. The largest absolute Gasteiger partial charge is 0.487 e. The average Bonchev–Trinajstić information content (AvgIpc) is 3.54. The van der Waals surface area contributed by atoms with Crippen LogP contribution in [0.3, 0.4) is 0 Å². The van der Waals surface area contributed by atoms with Gasteiger partial charge in [-0.1, -0.05) is 25.5 Å². The van der Waals surface area contributed by atoms with E-state index >= 15 is 0 Å². The lowest BCUT2D eigenvalue weighted by Crippen LogP contribution is -2.58. The predicted molar refractivity (Wildman–Crippen MR) is 188 cm³/mol. The fourth-order valence-electron chi connectivity index (χ4n) is 5.75. The molecule has 0 saturated carbocycles. The first kappa shape index (κ1) is 32.7. The number of carbonyl (C=O) groups is 1. The molecule has 0 aliphatic carbocycles. The first-order chi connectivity index (χ1) is 23.3. The number of hydrogen-bond acceptors (Lipinski definition) is 9. The van der Waals surface area contributed by atoms with Gasteiger partial charge in [0.05, 0.1) is 6.04 Å². The molecule has 2 aliphatic rings. The van der Waals surface area contributed by atoms with Crippen molar-refractivity contribution in [3.8, 4) is 17.2 Å². The third-order valence-electron chi connectivity index (χ3n) is 8.29. The standard InChI is InChI=1S/C36H43N9O3/c1-6-7-8-14-37-35(40-27-11-12-30(25(2)19-27)48-29-13-16-45-32(21-29)38-24-39-45)34-26(3)20-31-36(41-34)44-18-17-43(22-28(44)23-47-31)33(46)10-9-15-42(4)5/h8-14,16,19-21,24,28H,6-7,15,17-18,22-23H2,1-5H3,(H,37,40)/b10-9+,14-8+. The van der Waals surface area contributed by atoms with Crippen LogP contribution >= 0.6 is 0 Å². The average molecular weight is 650 g/mol. The second-order valence-electron chi connectivity index (χ2n) is 12.4. The molecule has 1 aromatic carbocycles. The highest BCUT2D eigenvalue weighted by molar-refractivity contribution is 6.08. The smallest absolute Gasteiger partial charge is 0.246 e. The number of rotatable bonds is 10. The number of allylic oxidation sites excluding steroid dienone is 1. The molecule has 0 bridgehead atoms. The maximum Gasteiger partial charge on any atom is 0.246 e. The van der Waals surface area contributed by atoms with Crippen molar-refractivity contribution >= 4 is 28.9 Å². The molecule has 5 heterocycles. The van der Waals surface area contributed by atoms with Crippen molar-refractivity contribution < 1.29 is 14.3 Å². The maximum atomic E-state index is 12.9. The Morgan fingerprint density at radius 3 is 2.83 bits per heavy atom. The third kappa shape index (κ3) is 7.49. The number of fused-ring (bicyclic) bond motifs is 4. The molecule has 1 amide bonds. The molecule has 250 valence electrons. The Kier molecular flexibility index (Phi) is 10.0. The summed E-state index contributed by atoms with van der Waals surface area (Å²) in [4.78, 5) is 33.3. The van der Waals surface area contributed by atoms with Gasteiger partial charge in [-0.05, 0) is 75.8 Å². The Hall–Kier alpha value is -5.23. The lowest BCUT2D eigenvalue weighted by molar-refractivity contribution is -0.127. The predicted octanol–water partition coefficient (Wildman–Crippen LogP) is 5.23. The Bertz CT molecular complexity index is 1860. The molecule has 3 aromatic heterocycles. The monoisotopic (exact) mass is 649 g/mol. The highest BCUT2D eigenvalue weighted by Crippen LogP contribution is 2.36. The Morgan fingerprint density at radius 2 is 2.02 bits per heavy atom. The molecule has 12 heteroatoms. The molecule has 1 atom stereocenters. The van der Waals surface area contributed by atoms with Gasteiger partial charge >= 0.3 is 0 Å². The van der Waals surface area contributed by atoms with Crippen LogP contribution in [0.5, 0.6) is 17.2 Å². The van der Waals surface area contributed by atoms with E-state index in [1.165, 1.54) is 6.33 Å². The number of aromatic nitrogens is 4. The Morgan fingerprint density at radius 1 is 1.15 bits per heavy atom. The van der Waals surface area contributed by atoms with Gasteiger partial charge in [0.15, 0.2) is 23.1 Å². The lowest BCUT2D eigenvalue weighted by atomic mass is 10.1. The van der Waals surface area contributed by atoms with Crippen LogP contribution < -0.4 is 19.7 Å². The fraction of sp³-hybridized carbons (Fsp3) is 0.361. The van der Waals surface area contributed by atoms with Crippen molar-refractivity contribution in [2.45, 2.75) is 39.7 Å². The zero-order valence-corrected chi connectivity index (χ0v) is 28.3. The maximum absolute atomic E-state index is 12.9. The van der Waals surface area contributed by atoms with Crippen molar-refractivity contribution in [2.75, 3.05) is 57.1 Å². The van der Waals surface area contributed by atoms with E-state index in [0.717, 1.165) is 59.2 Å². The summed E-state index contributed by atoms with van der Waals surface area (Å²) in [5, 5.41) is 7.68. The van der Waals surface area contributed by atoms with Crippen molar-refractivity contribution in [3.05, 3.63) is 90.2 Å². The van der Waals surface area contributed by atoms with Gasteiger partial charge in [-0.3, -0.25) is 4.79 Å². The highest BCUT2D eigenvalue weighted by Gasteiger charge is 2.36. The molecule has 48 heavy (non-hydrogen) atoms.